The van der Waals surface area contributed by atoms with Crippen molar-refractivity contribution in [3.63, 3.8) is 0 Å². The maximum Gasteiger partial charge on any atom is 0.321 e. The molecular weight excluding hydrogens is 421 g/mol. The number of anilines is 1. The number of benzene rings is 2. The Bertz CT molecular complexity index is 1110. The highest BCUT2D eigenvalue weighted by molar-refractivity contribution is 5.89. The highest BCUT2D eigenvalue weighted by atomic mass is 19.1. The first-order valence-corrected chi connectivity index (χ1v) is 11.1. The van der Waals surface area contributed by atoms with Crippen LogP contribution in [0, 0.1) is 18.7 Å². The fourth-order valence-corrected chi connectivity index (χ4v) is 4.17. The van der Waals surface area contributed by atoms with Crippen molar-refractivity contribution in [1.29, 1.82) is 0 Å². The molecule has 7 nitrogen and oxygen atoms in total. The van der Waals surface area contributed by atoms with Crippen molar-refractivity contribution in [2.45, 2.75) is 32.7 Å². The number of hydrogen-bond acceptors (Lipinski definition) is 3. The minimum atomic E-state index is -0.298. The quantitative estimate of drug-likeness (QED) is 0.604. The zero-order valence-electron chi connectivity index (χ0n) is 18.8. The second-order valence-corrected chi connectivity index (χ2v) is 8.36. The Labute approximate surface area is 192 Å². The van der Waals surface area contributed by atoms with Gasteiger partial charge in [0.25, 0.3) is 0 Å². The molecule has 1 saturated heterocycles. The van der Waals surface area contributed by atoms with Crippen molar-refractivity contribution in [3.05, 3.63) is 77.9 Å². The van der Waals surface area contributed by atoms with E-state index in [1.54, 1.807) is 27.9 Å². The molecule has 0 spiro atoms. The van der Waals surface area contributed by atoms with E-state index in [4.69, 9.17) is 0 Å². The van der Waals surface area contributed by atoms with E-state index in [0.29, 0.717) is 25.9 Å². The number of rotatable bonds is 5. The smallest absolute Gasteiger partial charge is 0.321 e. The second-order valence-electron chi connectivity index (χ2n) is 8.36. The Morgan fingerprint density at radius 3 is 2.39 bits per heavy atom. The van der Waals surface area contributed by atoms with Gasteiger partial charge in [0.2, 0.25) is 5.91 Å². The van der Waals surface area contributed by atoms with Crippen LogP contribution >= 0.6 is 0 Å². The number of carbonyl (C=O) groups excluding carboxylic acids is 2. The Morgan fingerprint density at radius 1 is 1.06 bits per heavy atom. The first kappa shape index (κ1) is 22.5. The zero-order valence-corrected chi connectivity index (χ0v) is 18.8. The summed E-state index contributed by atoms with van der Waals surface area (Å²) in [5.41, 5.74) is 3.32. The third-order valence-corrected chi connectivity index (χ3v) is 6.12. The summed E-state index contributed by atoms with van der Waals surface area (Å²) in [5, 5.41) is 10.4. The summed E-state index contributed by atoms with van der Waals surface area (Å²) >= 11 is 0. The molecule has 4 rings (SSSR count). The van der Waals surface area contributed by atoms with Gasteiger partial charge in [-0.25, -0.2) is 13.9 Å². The molecule has 2 heterocycles. The van der Waals surface area contributed by atoms with Crippen molar-refractivity contribution in [3.8, 4) is 5.69 Å². The maximum atomic E-state index is 13.2. The molecule has 0 aliphatic carbocycles. The Kier molecular flexibility index (Phi) is 6.72. The number of urea groups is 1. The van der Waals surface area contributed by atoms with Gasteiger partial charge in [0, 0.05) is 36.0 Å². The predicted molar refractivity (Wildman–Crippen MR) is 125 cm³/mol. The van der Waals surface area contributed by atoms with Crippen LogP contribution in [0.1, 0.15) is 37.1 Å². The van der Waals surface area contributed by atoms with Crippen molar-refractivity contribution in [2.24, 2.45) is 5.92 Å². The second kappa shape index (κ2) is 9.85. The summed E-state index contributed by atoms with van der Waals surface area (Å²) in [6.45, 7) is 4.93. The van der Waals surface area contributed by atoms with E-state index in [0.717, 1.165) is 22.6 Å². The largest absolute Gasteiger partial charge is 0.349 e. The first-order valence-electron chi connectivity index (χ1n) is 11.1. The van der Waals surface area contributed by atoms with E-state index >= 15 is 0 Å². The van der Waals surface area contributed by atoms with Crippen molar-refractivity contribution >= 4 is 17.6 Å². The van der Waals surface area contributed by atoms with Gasteiger partial charge in [-0.1, -0.05) is 18.2 Å². The van der Waals surface area contributed by atoms with Crippen LogP contribution in [0.5, 0.6) is 0 Å². The fourth-order valence-electron chi connectivity index (χ4n) is 4.17. The lowest BCUT2D eigenvalue weighted by Gasteiger charge is -2.32. The molecule has 1 aliphatic heterocycles. The Morgan fingerprint density at radius 2 is 1.73 bits per heavy atom. The standard InChI is InChI=1S/C25H28FN5O2/c1-17(23-16-27-31(18(23)2)22-10-8-20(26)9-11-22)28-24(32)19-12-14-30(15-13-19)25(33)29-21-6-4-3-5-7-21/h3-11,16-17,19H,12-15H2,1-2H3,(H,28,32)(H,29,33). The number of carbonyl (C=O) groups is 2. The normalized spacial score (nSPS) is 15.2. The van der Waals surface area contributed by atoms with Gasteiger partial charge in [0.1, 0.15) is 5.82 Å². The number of aromatic nitrogens is 2. The van der Waals surface area contributed by atoms with E-state index in [1.807, 2.05) is 44.2 Å². The van der Waals surface area contributed by atoms with E-state index in [9.17, 15) is 14.0 Å². The minimum absolute atomic E-state index is 0.0143. The van der Waals surface area contributed by atoms with Gasteiger partial charge in [0.05, 0.1) is 17.9 Å². The average Bonchev–Trinajstić information content (AvgIpc) is 3.21. The molecule has 172 valence electrons. The van der Waals surface area contributed by atoms with Gasteiger partial charge in [-0.3, -0.25) is 4.79 Å². The Hall–Kier alpha value is -3.68. The SMILES string of the molecule is Cc1c(C(C)NC(=O)C2CCN(C(=O)Nc3ccccc3)CC2)cnn1-c1ccc(F)cc1. The monoisotopic (exact) mass is 449 g/mol. The number of hydrogen-bond donors (Lipinski definition) is 2. The lowest BCUT2D eigenvalue weighted by Crippen LogP contribution is -2.45. The fraction of sp³-hybridized carbons (Fsp3) is 0.320. The molecule has 1 aromatic heterocycles. The average molecular weight is 450 g/mol. The molecule has 1 fully saturated rings. The molecule has 2 aromatic carbocycles. The van der Waals surface area contributed by atoms with Crippen LogP contribution in [0.3, 0.4) is 0 Å². The lowest BCUT2D eigenvalue weighted by molar-refractivity contribution is -0.126. The van der Waals surface area contributed by atoms with Crippen LogP contribution in [0.4, 0.5) is 14.9 Å². The topological polar surface area (TPSA) is 79.3 Å². The molecular formula is C25H28FN5O2. The predicted octanol–water partition coefficient (Wildman–Crippen LogP) is 4.44. The number of halogens is 1. The highest BCUT2D eigenvalue weighted by Gasteiger charge is 2.28. The molecule has 1 atom stereocenters. The minimum Gasteiger partial charge on any atom is -0.349 e. The van der Waals surface area contributed by atoms with E-state index in [1.165, 1.54) is 12.1 Å². The third-order valence-electron chi connectivity index (χ3n) is 6.12. The molecule has 2 N–H and O–H groups in total. The van der Waals surface area contributed by atoms with Crippen LogP contribution < -0.4 is 10.6 Å². The summed E-state index contributed by atoms with van der Waals surface area (Å²) in [6.07, 6.45) is 2.98. The summed E-state index contributed by atoms with van der Waals surface area (Å²) in [5.74, 6) is -0.451. The summed E-state index contributed by atoms with van der Waals surface area (Å²) in [7, 11) is 0. The number of para-hydroxylation sites is 1. The summed E-state index contributed by atoms with van der Waals surface area (Å²) in [6, 6.07) is 15.1. The number of nitrogens with zero attached hydrogens (tertiary/aromatic N) is 3. The zero-order chi connectivity index (χ0) is 23.4. The van der Waals surface area contributed by atoms with Crippen molar-refractivity contribution in [2.75, 3.05) is 18.4 Å². The van der Waals surface area contributed by atoms with Gasteiger partial charge < -0.3 is 15.5 Å². The van der Waals surface area contributed by atoms with Crippen LogP contribution in [-0.2, 0) is 4.79 Å². The molecule has 3 amide bonds. The third kappa shape index (κ3) is 5.22. The maximum absolute atomic E-state index is 13.2. The van der Waals surface area contributed by atoms with E-state index < -0.39 is 0 Å². The van der Waals surface area contributed by atoms with Gasteiger partial charge >= 0.3 is 6.03 Å². The number of amides is 3. The van der Waals surface area contributed by atoms with Gasteiger partial charge in [0.15, 0.2) is 0 Å². The molecule has 3 aromatic rings. The Balaban J connectivity index is 1.31. The van der Waals surface area contributed by atoms with E-state index in [2.05, 4.69) is 15.7 Å². The molecule has 1 unspecified atom stereocenters. The van der Waals surface area contributed by atoms with Gasteiger partial charge in [-0.05, 0) is 63.1 Å². The van der Waals surface area contributed by atoms with Crippen LogP contribution in [0.2, 0.25) is 0 Å². The van der Waals surface area contributed by atoms with E-state index in [-0.39, 0.29) is 29.7 Å². The molecule has 0 radical (unpaired) electrons. The lowest BCUT2D eigenvalue weighted by atomic mass is 9.95. The van der Waals surface area contributed by atoms with Crippen molar-refractivity contribution in [1.82, 2.24) is 20.0 Å². The first-order chi connectivity index (χ1) is 15.9. The number of piperidine rings is 1. The van der Waals surface area contributed by atoms with Crippen LogP contribution in [-0.4, -0.2) is 39.7 Å². The van der Waals surface area contributed by atoms with Crippen molar-refractivity contribution < 1.29 is 14.0 Å². The molecule has 8 heteroatoms. The molecule has 0 saturated carbocycles. The van der Waals surface area contributed by atoms with Gasteiger partial charge in [-0.2, -0.15) is 5.10 Å². The number of likely N-dealkylation sites (tertiary alicyclic amines) is 1. The van der Waals surface area contributed by atoms with Crippen LogP contribution in [0.25, 0.3) is 5.69 Å². The number of nitrogens with one attached hydrogen (secondary N) is 2. The molecule has 33 heavy (non-hydrogen) atoms. The molecule has 1 aliphatic rings. The summed E-state index contributed by atoms with van der Waals surface area (Å²) in [4.78, 5) is 27.1. The van der Waals surface area contributed by atoms with Gasteiger partial charge in [-0.15, -0.1) is 0 Å². The van der Waals surface area contributed by atoms with Crippen LogP contribution in [0.15, 0.2) is 60.8 Å². The highest BCUT2D eigenvalue weighted by Crippen LogP contribution is 2.23. The summed E-state index contributed by atoms with van der Waals surface area (Å²) < 4.78 is 15.0. The molecule has 0 bridgehead atoms.